The molecule has 0 aliphatic heterocycles. The molecule has 0 saturated carbocycles. The maximum atomic E-state index is 5.87. The third kappa shape index (κ3) is 5.07. The van der Waals surface area contributed by atoms with E-state index in [9.17, 15) is 0 Å². The third-order valence-corrected chi connectivity index (χ3v) is 1.85. The van der Waals surface area contributed by atoms with Crippen molar-refractivity contribution in [1.29, 1.82) is 0 Å². The first kappa shape index (κ1) is 10.2. The Kier molecular flexibility index (Phi) is 3.18. The minimum absolute atomic E-state index is 0.209. The van der Waals surface area contributed by atoms with E-state index in [1.54, 1.807) is 0 Å². The van der Waals surface area contributed by atoms with Gasteiger partial charge < -0.3 is 5.73 Å². The Bertz CT molecular complexity index is 102. The van der Waals surface area contributed by atoms with Crippen LogP contribution in [0.15, 0.2) is 0 Å². The molecule has 0 aromatic rings. The van der Waals surface area contributed by atoms with Gasteiger partial charge in [-0.05, 0) is 18.8 Å². The van der Waals surface area contributed by atoms with Crippen LogP contribution in [-0.4, -0.2) is 11.4 Å². The molecule has 10 heavy (non-hydrogen) atoms. The molecule has 0 fully saturated rings. The van der Waals surface area contributed by atoms with Crippen LogP contribution >= 0.6 is 11.6 Å². The van der Waals surface area contributed by atoms with Gasteiger partial charge in [-0.3, -0.25) is 0 Å². The second kappa shape index (κ2) is 3.10. The van der Waals surface area contributed by atoms with Crippen molar-refractivity contribution in [2.24, 2.45) is 11.1 Å². The number of hydrogen-bond donors (Lipinski definition) is 1. The Hall–Kier alpha value is 0.250. The second-order valence-corrected chi connectivity index (χ2v) is 4.79. The zero-order valence-electron chi connectivity index (χ0n) is 7.37. The molecule has 0 rings (SSSR count). The van der Waals surface area contributed by atoms with E-state index in [2.05, 4.69) is 20.8 Å². The molecule has 2 heteroatoms. The first-order chi connectivity index (χ1) is 4.27. The van der Waals surface area contributed by atoms with Crippen molar-refractivity contribution in [1.82, 2.24) is 0 Å². The molecule has 2 N–H and O–H groups in total. The van der Waals surface area contributed by atoms with E-state index >= 15 is 0 Å². The fourth-order valence-corrected chi connectivity index (χ4v) is 1.35. The number of nitrogens with two attached hydrogens (primary N) is 1. The standard InChI is InChI=1S/C8H18ClN/c1-7(2,3)5-8(4,10)6-9/h5-6,10H2,1-4H3. The smallest absolute Gasteiger partial charge is 0.0401 e. The van der Waals surface area contributed by atoms with Crippen LogP contribution in [0.2, 0.25) is 0 Å². The molecular formula is C8H18ClN. The van der Waals surface area contributed by atoms with E-state index in [1.807, 2.05) is 6.92 Å². The Morgan fingerprint density at radius 1 is 1.20 bits per heavy atom. The highest BCUT2D eigenvalue weighted by atomic mass is 35.5. The SMILES string of the molecule is CC(C)(C)CC(C)(N)CCl. The van der Waals surface area contributed by atoms with E-state index in [4.69, 9.17) is 17.3 Å². The normalized spacial score (nSPS) is 18.6. The lowest BCUT2D eigenvalue weighted by Crippen LogP contribution is -2.41. The predicted octanol–water partition coefficient (Wildman–Crippen LogP) is 2.38. The van der Waals surface area contributed by atoms with Crippen molar-refractivity contribution < 1.29 is 0 Å². The van der Waals surface area contributed by atoms with Crippen LogP contribution in [0.25, 0.3) is 0 Å². The highest BCUT2D eigenvalue weighted by molar-refractivity contribution is 6.18. The number of hydrogen-bond acceptors (Lipinski definition) is 1. The van der Waals surface area contributed by atoms with Crippen LogP contribution in [0, 0.1) is 5.41 Å². The third-order valence-electron chi connectivity index (χ3n) is 1.24. The lowest BCUT2D eigenvalue weighted by molar-refractivity contribution is 0.289. The summed E-state index contributed by atoms with van der Waals surface area (Å²) >= 11 is 5.67. The van der Waals surface area contributed by atoms with Gasteiger partial charge in [0.15, 0.2) is 0 Å². The van der Waals surface area contributed by atoms with Crippen LogP contribution in [-0.2, 0) is 0 Å². The van der Waals surface area contributed by atoms with E-state index in [1.165, 1.54) is 0 Å². The predicted molar refractivity (Wildman–Crippen MR) is 47.4 cm³/mol. The van der Waals surface area contributed by atoms with Crippen LogP contribution < -0.4 is 5.73 Å². The molecule has 0 bridgehead atoms. The molecule has 0 amide bonds. The zero-order chi connectivity index (χ0) is 8.41. The average molecular weight is 164 g/mol. The van der Waals surface area contributed by atoms with Crippen LogP contribution in [0.3, 0.4) is 0 Å². The molecular weight excluding hydrogens is 146 g/mol. The monoisotopic (exact) mass is 163 g/mol. The average Bonchev–Trinajstić information content (AvgIpc) is 1.60. The van der Waals surface area contributed by atoms with Gasteiger partial charge in [0.2, 0.25) is 0 Å². The van der Waals surface area contributed by atoms with E-state index in [-0.39, 0.29) is 11.0 Å². The minimum Gasteiger partial charge on any atom is -0.324 e. The zero-order valence-corrected chi connectivity index (χ0v) is 8.13. The van der Waals surface area contributed by atoms with Crippen molar-refractivity contribution in [3.8, 4) is 0 Å². The summed E-state index contributed by atoms with van der Waals surface area (Å²) in [7, 11) is 0. The van der Waals surface area contributed by atoms with Crippen molar-refractivity contribution in [3.05, 3.63) is 0 Å². The Balaban J connectivity index is 3.89. The second-order valence-electron chi connectivity index (χ2n) is 4.53. The first-order valence-electron chi connectivity index (χ1n) is 3.62. The van der Waals surface area contributed by atoms with Crippen LogP contribution in [0.1, 0.15) is 34.1 Å². The van der Waals surface area contributed by atoms with Gasteiger partial charge in [0.25, 0.3) is 0 Å². The summed E-state index contributed by atoms with van der Waals surface area (Å²) < 4.78 is 0. The van der Waals surface area contributed by atoms with Gasteiger partial charge in [-0.1, -0.05) is 20.8 Å². The highest BCUT2D eigenvalue weighted by Crippen LogP contribution is 2.25. The fourth-order valence-electron chi connectivity index (χ4n) is 1.26. The Morgan fingerprint density at radius 3 is 1.70 bits per heavy atom. The lowest BCUT2D eigenvalue weighted by Gasteiger charge is -2.30. The van der Waals surface area contributed by atoms with Crippen LogP contribution in [0.5, 0.6) is 0 Å². The molecule has 1 unspecified atom stereocenters. The van der Waals surface area contributed by atoms with Crippen LogP contribution in [0.4, 0.5) is 0 Å². The van der Waals surface area contributed by atoms with Crippen molar-refractivity contribution >= 4 is 11.6 Å². The minimum atomic E-state index is -0.209. The summed E-state index contributed by atoms with van der Waals surface area (Å²) in [5.74, 6) is 0.532. The molecule has 0 aromatic heterocycles. The van der Waals surface area contributed by atoms with Gasteiger partial charge in [0.1, 0.15) is 0 Å². The maximum absolute atomic E-state index is 5.87. The molecule has 0 saturated heterocycles. The molecule has 1 nitrogen and oxygen atoms in total. The summed E-state index contributed by atoms with van der Waals surface area (Å²) in [5, 5.41) is 0. The van der Waals surface area contributed by atoms with Gasteiger partial charge >= 0.3 is 0 Å². The topological polar surface area (TPSA) is 26.0 Å². The lowest BCUT2D eigenvalue weighted by atomic mass is 9.82. The van der Waals surface area contributed by atoms with Crippen molar-refractivity contribution in [2.45, 2.75) is 39.7 Å². The quantitative estimate of drug-likeness (QED) is 0.622. The summed E-state index contributed by atoms with van der Waals surface area (Å²) in [5.41, 5.74) is 5.94. The van der Waals surface area contributed by atoms with E-state index in [0.29, 0.717) is 5.88 Å². The first-order valence-corrected chi connectivity index (χ1v) is 4.15. The summed E-state index contributed by atoms with van der Waals surface area (Å²) in [6.07, 6.45) is 0.962. The number of halogens is 1. The van der Waals surface area contributed by atoms with Gasteiger partial charge in [-0.15, -0.1) is 11.6 Å². The van der Waals surface area contributed by atoms with Gasteiger partial charge in [-0.25, -0.2) is 0 Å². The molecule has 0 aliphatic carbocycles. The molecule has 0 heterocycles. The summed E-state index contributed by atoms with van der Waals surface area (Å²) in [6, 6.07) is 0. The van der Waals surface area contributed by atoms with Gasteiger partial charge in [0.05, 0.1) is 0 Å². The Morgan fingerprint density at radius 2 is 1.60 bits per heavy atom. The maximum Gasteiger partial charge on any atom is 0.0401 e. The molecule has 0 aliphatic rings. The molecule has 0 radical (unpaired) electrons. The largest absolute Gasteiger partial charge is 0.324 e. The number of rotatable bonds is 2. The van der Waals surface area contributed by atoms with Gasteiger partial charge in [0, 0.05) is 11.4 Å². The summed E-state index contributed by atoms with van der Waals surface area (Å²) in [4.78, 5) is 0. The van der Waals surface area contributed by atoms with E-state index < -0.39 is 0 Å². The van der Waals surface area contributed by atoms with Gasteiger partial charge in [-0.2, -0.15) is 0 Å². The summed E-state index contributed by atoms with van der Waals surface area (Å²) in [6.45, 7) is 8.51. The molecule has 62 valence electrons. The number of alkyl halides is 1. The highest BCUT2D eigenvalue weighted by Gasteiger charge is 2.24. The van der Waals surface area contributed by atoms with E-state index in [0.717, 1.165) is 6.42 Å². The molecule has 0 spiro atoms. The van der Waals surface area contributed by atoms with Crippen molar-refractivity contribution in [2.75, 3.05) is 5.88 Å². The molecule has 1 atom stereocenters. The fraction of sp³-hybridized carbons (Fsp3) is 1.00. The molecule has 0 aromatic carbocycles. The van der Waals surface area contributed by atoms with Crippen molar-refractivity contribution in [3.63, 3.8) is 0 Å². The Labute approximate surface area is 68.9 Å².